The summed E-state index contributed by atoms with van der Waals surface area (Å²) in [4.78, 5) is 24.1. The van der Waals surface area contributed by atoms with Crippen molar-refractivity contribution in [1.82, 2.24) is 0 Å². The Morgan fingerprint density at radius 2 is 2.25 bits per heavy atom. The fourth-order valence-corrected chi connectivity index (χ4v) is 0.509. The first-order valence-corrected chi connectivity index (χ1v) is 3.24. The molecule has 0 aromatic carbocycles. The molecule has 0 bridgehead atoms. The molecule has 12 heavy (non-hydrogen) atoms. The molecular formula is C7H8N2O3. The highest BCUT2D eigenvalue weighted by atomic mass is 16.5. The predicted molar refractivity (Wildman–Crippen MR) is 40.2 cm³/mol. The minimum atomic E-state index is -1.00. The van der Waals surface area contributed by atoms with Crippen LogP contribution < -0.4 is 0 Å². The number of esters is 1. The molecule has 0 fully saturated rings. The normalized spacial score (nSPS) is 8.08. The Morgan fingerprint density at radius 1 is 1.67 bits per heavy atom. The Kier molecular flexibility index (Phi) is 4.26. The van der Waals surface area contributed by atoms with Gasteiger partial charge in [-0.05, 0) is 0 Å². The first kappa shape index (κ1) is 10.3. The molecule has 0 spiro atoms. The number of carbonyl (C=O) groups is 2. The second-order valence-electron chi connectivity index (χ2n) is 1.80. The molecule has 0 saturated heterocycles. The number of ketones is 1. The van der Waals surface area contributed by atoms with E-state index in [1.807, 2.05) is 0 Å². The summed E-state index contributed by atoms with van der Waals surface area (Å²) in [6.45, 7) is 4.65. The number of ether oxygens (including phenoxy) is 1. The van der Waals surface area contributed by atoms with Crippen LogP contribution in [0.25, 0.3) is 5.53 Å². The third-order valence-corrected chi connectivity index (χ3v) is 1.07. The summed E-state index contributed by atoms with van der Waals surface area (Å²) in [5, 5.41) is 0. The largest absolute Gasteiger partial charge is 0.441 e. The number of carbonyl (C=O) groups excluding carboxylic acids is 2. The average Bonchev–Trinajstić information content (AvgIpc) is 2.06. The molecule has 0 saturated carbocycles. The highest BCUT2D eigenvalue weighted by molar-refractivity contribution is 6.62. The van der Waals surface area contributed by atoms with E-state index in [9.17, 15) is 9.59 Å². The van der Waals surface area contributed by atoms with E-state index in [0.717, 1.165) is 6.26 Å². The molecule has 5 heteroatoms. The van der Waals surface area contributed by atoms with Crippen molar-refractivity contribution in [3.8, 4) is 0 Å². The Hall–Kier alpha value is -1.74. The van der Waals surface area contributed by atoms with Gasteiger partial charge >= 0.3 is 11.7 Å². The van der Waals surface area contributed by atoms with Crippen molar-refractivity contribution in [1.29, 1.82) is 0 Å². The SMILES string of the molecule is C=COC(=O)C(=[N+]=[N-])C(=O)CC. The zero-order chi connectivity index (χ0) is 9.56. The lowest BCUT2D eigenvalue weighted by atomic mass is 10.2. The monoisotopic (exact) mass is 168 g/mol. The van der Waals surface area contributed by atoms with Crippen molar-refractivity contribution in [2.45, 2.75) is 13.3 Å². The molecule has 0 heterocycles. The van der Waals surface area contributed by atoms with E-state index in [1.165, 1.54) is 6.92 Å². The number of Topliss-reactive ketones (excluding diaryl/α,β-unsaturated/α-hetero) is 1. The Labute approximate surface area is 69.3 Å². The van der Waals surface area contributed by atoms with Gasteiger partial charge in [0.2, 0.25) is 0 Å². The first-order valence-electron chi connectivity index (χ1n) is 3.24. The number of nitrogens with zero attached hydrogens (tertiary/aromatic N) is 2. The van der Waals surface area contributed by atoms with E-state index in [0.29, 0.717) is 0 Å². The van der Waals surface area contributed by atoms with Gasteiger partial charge in [0, 0.05) is 6.42 Å². The third-order valence-electron chi connectivity index (χ3n) is 1.07. The summed E-state index contributed by atoms with van der Waals surface area (Å²) in [6.07, 6.45) is 0.933. The topological polar surface area (TPSA) is 79.8 Å². The maximum Gasteiger partial charge on any atom is 0.441 e. The molecule has 0 aromatic heterocycles. The van der Waals surface area contributed by atoms with Crippen LogP contribution in [0.15, 0.2) is 12.8 Å². The number of hydrogen-bond donors (Lipinski definition) is 0. The lowest BCUT2D eigenvalue weighted by molar-refractivity contribution is -0.137. The van der Waals surface area contributed by atoms with Crippen molar-refractivity contribution in [2.24, 2.45) is 0 Å². The van der Waals surface area contributed by atoms with Crippen LogP contribution in [0.4, 0.5) is 0 Å². The highest BCUT2D eigenvalue weighted by Crippen LogP contribution is 1.88. The van der Waals surface area contributed by atoms with Gasteiger partial charge in [0.15, 0.2) is 0 Å². The summed E-state index contributed by atoms with van der Waals surface area (Å²) < 4.78 is 4.23. The van der Waals surface area contributed by atoms with E-state index in [2.05, 4.69) is 16.1 Å². The zero-order valence-corrected chi connectivity index (χ0v) is 6.61. The van der Waals surface area contributed by atoms with Gasteiger partial charge < -0.3 is 10.3 Å². The van der Waals surface area contributed by atoms with Crippen molar-refractivity contribution >= 4 is 17.5 Å². The van der Waals surface area contributed by atoms with Crippen molar-refractivity contribution < 1.29 is 19.1 Å². The minimum absolute atomic E-state index is 0.0750. The van der Waals surface area contributed by atoms with Crippen molar-refractivity contribution in [2.75, 3.05) is 0 Å². The second-order valence-corrected chi connectivity index (χ2v) is 1.80. The van der Waals surface area contributed by atoms with Crippen LogP contribution >= 0.6 is 0 Å². The fraction of sp³-hybridized carbons (Fsp3) is 0.286. The van der Waals surface area contributed by atoms with Gasteiger partial charge in [-0.1, -0.05) is 13.5 Å². The van der Waals surface area contributed by atoms with Gasteiger partial charge in [-0.15, -0.1) is 0 Å². The standard InChI is InChI=1S/C7H8N2O3/c1-3-5(10)6(9-8)7(11)12-4-2/h4H,2-3H2,1H3. The maximum absolute atomic E-state index is 10.8. The molecule has 0 aliphatic rings. The Balaban J connectivity index is 4.59. The summed E-state index contributed by atoms with van der Waals surface area (Å²) in [5.41, 5.74) is 7.64. The molecule has 0 amide bonds. The number of hydrogen-bond acceptors (Lipinski definition) is 3. The van der Waals surface area contributed by atoms with Crippen LogP contribution in [-0.2, 0) is 14.3 Å². The molecule has 0 rings (SSSR count). The van der Waals surface area contributed by atoms with Gasteiger partial charge in [0.05, 0.1) is 6.26 Å². The highest BCUT2D eigenvalue weighted by Gasteiger charge is 2.28. The van der Waals surface area contributed by atoms with Gasteiger partial charge in [-0.25, -0.2) is 4.79 Å². The maximum atomic E-state index is 10.8. The molecule has 0 aromatic rings. The van der Waals surface area contributed by atoms with Crippen molar-refractivity contribution in [3.05, 3.63) is 18.4 Å². The summed E-state index contributed by atoms with van der Waals surface area (Å²) in [6, 6.07) is 0. The van der Waals surface area contributed by atoms with Gasteiger partial charge in [0.25, 0.3) is 5.78 Å². The lowest BCUT2D eigenvalue weighted by Gasteiger charge is -1.90. The van der Waals surface area contributed by atoms with Crippen LogP contribution in [0.5, 0.6) is 0 Å². The summed E-state index contributed by atoms with van der Waals surface area (Å²) in [7, 11) is 0. The first-order chi connectivity index (χ1) is 5.67. The lowest BCUT2D eigenvalue weighted by Crippen LogP contribution is -2.25. The molecule has 0 atom stereocenters. The van der Waals surface area contributed by atoms with Crippen LogP contribution in [0.2, 0.25) is 0 Å². The van der Waals surface area contributed by atoms with Crippen LogP contribution in [0.3, 0.4) is 0 Å². The van der Waals surface area contributed by atoms with Gasteiger partial charge in [-0.3, -0.25) is 4.79 Å². The minimum Gasteiger partial charge on any atom is -0.426 e. The molecule has 0 unspecified atom stereocenters. The van der Waals surface area contributed by atoms with Crippen LogP contribution in [0.1, 0.15) is 13.3 Å². The van der Waals surface area contributed by atoms with Gasteiger partial charge in [-0.2, -0.15) is 4.79 Å². The van der Waals surface area contributed by atoms with Crippen LogP contribution in [-0.4, -0.2) is 22.3 Å². The fourth-order valence-electron chi connectivity index (χ4n) is 0.509. The van der Waals surface area contributed by atoms with E-state index in [4.69, 9.17) is 5.53 Å². The van der Waals surface area contributed by atoms with Crippen molar-refractivity contribution in [3.63, 3.8) is 0 Å². The molecule has 5 nitrogen and oxygen atoms in total. The Bertz CT molecular complexity index is 264. The predicted octanol–water partition coefficient (Wildman–Crippen LogP) is 0.323. The molecular weight excluding hydrogens is 160 g/mol. The number of rotatable bonds is 4. The van der Waals surface area contributed by atoms with E-state index in [1.54, 1.807) is 0 Å². The molecule has 0 N–H and O–H groups in total. The van der Waals surface area contributed by atoms with E-state index >= 15 is 0 Å². The summed E-state index contributed by atoms with van der Waals surface area (Å²) >= 11 is 0. The molecule has 0 aliphatic heterocycles. The van der Waals surface area contributed by atoms with Gasteiger partial charge in [0.1, 0.15) is 0 Å². The average molecular weight is 168 g/mol. The van der Waals surface area contributed by atoms with E-state index in [-0.39, 0.29) is 6.42 Å². The quantitative estimate of drug-likeness (QED) is 0.151. The summed E-state index contributed by atoms with van der Waals surface area (Å²) in [5.74, 6) is -1.58. The van der Waals surface area contributed by atoms with Crippen LogP contribution in [0, 0.1) is 0 Å². The third kappa shape index (κ3) is 2.48. The molecule has 64 valence electrons. The smallest absolute Gasteiger partial charge is 0.426 e. The Morgan fingerprint density at radius 3 is 2.58 bits per heavy atom. The van der Waals surface area contributed by atoms with E-state index < -0.39 is 17.5 Å². The second kappa shape index (κ2) is 4.98. The zero-order valence-electron chi connectivity index (χ0n) is 6.61. The molecule has 0 radical (unpaired) electrons. The molecule has 0 aliphatic carbocycles.